The van der Waals surface area contributed by atoms with Crippen LogP contribution < -0.4 is 0 Å². The predicted octanol–water partition coefficient (Wildman–Crippen LogP) is 3.61. The number of aryl methyl sites for hydroxylation is 3. The second-order valence-electron chi connectivity index (χ2n) is 6.27. The molecule has 0 aliphatic heterocycles. The molecule has 0 aliphatic carbocycles. The molecule has 3 nitrogen and oxygen atoms in total. The van der Waals surface area contributed by atoms with Gasteiger partial charge in [0.25, 0.3) is 0 Å². The van der Waals surface area contributed by atoms with Crippen molar-refractivity contribution in [2.75, 3.05) is 0 Å². The Balaban J connectivity index is 2.06. The van der Waals surface area contributed by atoms with E-state index >= 15 is 0 Å². The largest absolute Gasteiger partial charge is 0.298 e. The molecular weight excluding hydrogens is 248 g/mol. The molecule has 1 aromatic heterocycles. The number of rotatable bonds is 4. The molecule has 0 saturated carbocycles. The number of H-pyrrole nitrogens is 1. The highest BCUT2D eigenvalue weighted by atomic mass is 16.1. The second-order valence-corrected chi connectivity index (χ2v) is 6.27. The van der Waals surface area contributed by atoms with Crippen LogP contribution in [0.15, 0.2) is 24.3 Å². The van der Waals surface area contributed by atoms with Crippen LogP contribution in [0.25, 0.3) is 0 Å². The van der Waals surface area contributed by atoms with Gasteiger partial charge in [-0.2, -0.15) is 5.10 Å². The molecule has 0 saturated heterocycles. The Hall–Kier alpha value is -1.90. The molecule has 0 fully saturated rings. The quantitative estimate of drug-likeness (QED) is 0.863. The van der Waals surface area contributed by atoms with Crippen LogP contribution >= 0.6 is 0 Å². The van der Waals surface area contributed by atoms with Crippen LogP contribution in [0.4, 0.5) is 0 Å². The molecule has 2 rings (SSSR count). The van der Waals surface area contributed by atoms with Crippen LogP contribution in [-0.4, -0.2) is 16.5 Å². The Morgan fingerprint density at radius 1 is 1.15 bits per heavy atom. The Kier molecular flexibility index (Phi) is 4.07. The number of aromatic amines is 1. The number of aromatic nitrogens is 2. The maximum atomic E-state index is 11.0. The van der Waals surface area contributed by atoms with Gasteiger partial charge in [-0.1, -0.05) is 45.0 Å². The summed E-state index contributed by atoms with van der Waals surface area (Å²) in [4.78, 5) is 11.0. The van der Waals surface area contributed by atoms with Gasteiger partial charge in [0.1, 0.15) is 0 Å². The van der Waals surface area contributed by atoms with Crippen molar-refractivity contribution in [2.45, 2.75) is 46.0 Å². The van der Waals surface area contributed by atoms with Crippen molar-refractivity contribution in [3.05, 3.63) is 52.3 Å². The van der Waals surface area contributed by atoms with Gasteiger partial charge in [0.2, 0.25) is 0 Å². The molecule has 0 spiro atoms. The van der Waals surface area contributed by atoms with Gasteiger partial charge in [0.15, 0.2) is 6.29 Å². The molecule has 1 aromatic carbocycles. The fourth-order valence-electron chi connectivity index (χ4n) is 2.27. The van der Waals surface area contributed by atoms with Crippen LogP contribution in [0.3, 0.4) is 0 Å². The third-order valence-electron chi connectivity index (χ3n) is 3.66. The zero-order chi connectivity index (χ0) is 14.8. The summed E-state index contributed by atoms with van der Waals surface area (Å²) < 4.78 is 0. The molecular formula is C17H22N2O. The third kappa shape index (κ3) is 3.16. The minimum Gasteiger partial charge on any atom is -0.298 e. The second kappa shape index (κ2) is 5.61. The van der Waals surface area contributed by atoms with E-state index in [0.29, 0.717) is 5.56 Å². The van der Waals surface area contributed by atoms with E-state index in [1.807, 2.05) is 6.92 Å². The third-order valence-corrected chi connectivity index (χ3v) is 3.66. The zero-order valence-corrected chi connectivity index (χ0v) is 12.7. The number of carbonyl (C=O) groups excluding carboxylic acids is 1. The minimum absolute atomic E-state index is 0.183. The molecule has 106 valence electrons. The number of carbonyl (C=O) groups is 1. The molecule has 0 atom stereocenters. The summed E-state index contributed by atoms with van der Waals surface area (Å²) >= 11 is 0. The van der Waals surface area contributed by atoms with E-state index in [0.717, 1.165) is 30.5 Å². The van der Waals surface area contributed by atoms with Crippen LogP contribution in [-0.2, 0) is 18.3 Å². The van der Waals surface area contributed by atoms with Crippen LogP contribution in [0.1, 0.15) is 53.6 Å². The highest BCUT2D eigenvalue weighted by Crippen LogP contribution is 2.22. The smallest absolute Gasteiger partial charge is 0.153 e. The molecule has 3 heteroatoms. The number of aldehydes is 1. The van der Waals surface area contributed by atoms with E-state index in [1.165, 1.54) is 11.1 Å². The number of hydrogen-bond acceptors (Lipinski definition) is 2. The first-order valence-electron chi connectivity index (χ1n) is 7.00. The molecule has 20 heavy (non-hydrogen) atoms. The lowest BCUT2D eigenvalue weighted by Crippen LogP contribution is -2.10. The Morgan fingerprint density at radius 3 is 2.35 bits per heavy atom. The predicted molar refractivity (Wildman–Crippen MR) is 81.3 cm³/mol. The first kappa shape index (κ1) is 14.5. The van der Waals surface area contributed by atoms with E-state index in [-0.39, 0.29) is 5.41 Å². The minimum atomic E-state index is 0.183. The average Bonchev–Trinajstić information content (AvgIpc) is 2.76. The lowest BCUT2D eigenvalue weighted by molar-refractivity contribution is 0.112. The summed E-state index contributed by atoms with van der Waals surface area (Å²) in [5.74, 6) is 0. The fourth-order valence-corrected chi connectivity index (χ4v) is 2.27. The van der Waals surface area contributed by atoms with Crippen molar-refractivity contribution in [1.29, 1.82) is 0 Å². The van der Waals surface area contributed by atoms with Crippen molar-refractivity contribution >= 4 is 6.29 Å². The Bertz CT molecular complexity index is 588. The van der Waals surface area contributed by atoms with Crippen molar-refractivity contribution in [3.63, 3.8) is 0 Å². The molecule has 2 aromatic rings. The molecule has 0 aliphatic rings. The fraction of sp³-hybridized carbons (Fsp3) is 0.412. The Morgan fingerprint density at radius 2 is 1.80 bits per heavy atom. The summed E-state index contributed by atoms with van der Waals surface area (Å²) in [7, 11) is 0. The highest BCUT2D eigenvalue weighted by Gasteiger charge is 2.13. The van der Waals surface area contributed by atoms with Crippen molar-refractivity contribution in [2.24, 2.45) is 0 Å². The number of hydrogen-bond donors (Lipinski definition) is 1. The molecule has 0 amide bonds. The zero-order valence-electron chi connectivity index (χ0n) is 12.7. The highest BCUT2D eigenvalue weighted by molar-refractivity contribution is 5.78. The van der Waals surface area contributed by atoms with Crippen molar-refractivity contribution in [1.82, 2.24) is 10.2 Å². The maximum Gasteiger partial charge on any atom is 0.153 e. The van der Waals surface area contributed by atoms with E-state index in [2.05, 4.69) is 55.2 Å². The van der Waals surface area contributed by atoms with E-state index in [1.54, 1.807) is 0 Å². The van der Waals surface area contributed by atoms with Gasteiger partial charge in [0, 0.05) is 5.69 Å². The van der Waals surface area contributed by atoms with E-state index in [9.17, 15) is 4.79 Å². The molecule has 1 N–H and O–H groups in total. The first-order valence-corrected chi connectivity index (χ1v) is 7.00. The monoisotopic (exact) mass is 270 g/mol. The maximum absolute atomic E-state index is 11.0. The Labute approximate surface area is 120 Å². The molecule has 0 radical (unpaired) electrons. The SMILES string of the molecule is Cc1[nH]nc(CCc2ccc(C(C)(C)C)cc2)c1C=O. The number of benzene rings is 1. The first-order chi connectivity index (χ1) is 9.41. The topological polar surface area (TPSA) is 45.8 Å². The summed E-state index contributed by atoms with van der Waals surface area (Å²) in [6.07, 6.45) is 2.57. The van der Waals surface area contributed by atoms with Crippen molar-refractivity contribution in [3.8, 4) is 0 Å². The van der Waals surface area contributed by atoms with Gasteiger partial charge in [-0.25, -0.2) is 0 Å². The number of nitrogens with zero attached hydrogens (tertiary/aromatic N) is 1. The lowest BCUT2D eigenvalue weighted by Gasteiger charge is -2.19. The van der Waals surface area contributed by atoms with Gasteiger partial charge in [-0.3, -0.25) is 9.89 Å². The van der Waals surface area contributed by atoms with Crippen LogP contribution in [0.5, 0.6) is 0 Å². The normalized spacial score (nSPS) is 11.6. The molecule has 1 heterocycles. The number of nitrogens with one attached hydrogen (secondary N) is 1. The van der Waals surface area contributed by atoms with Gasteiger partial charge in [-0.05, 0) is 36.3 Å². The summed E-state index contributed by atoms with van der Waals surface area (Å²) in [6, 6.07) is 8.71. The standard InChI is InChI=1S/C17H22N2O/c1-12-15(11-20)16(19-18-12)10-7-13-5-8-14(9-6-13)17(2,3)4/h5-6,8-9,11H,7,10H2,1-4H3,(H,18,19). The molecule has 0 bridgehead atoms. The molecule has 0 unspecified atom stereocenters. The van der Waals surface area contributed by atoms with Crippen LogP contribution in [0.2, 0.25) is 0 Å². The van der Waals surface area contributed by atoms with Gasteiger partial charge >= 0.3 is 0 Å². The van der Waals surface area contributed by atoms with Crippen molar-refractivity contribution < 1.29 is 4.79 Å². The van der Waals surface area contributed by atoms with Crippen LogP contribution in [0, 0.1) is 6.92 Å². The van der Waals surface area contributed by atoms with Gasteiger partial charge in [-0.15, -0.1) is 0 Å². The van der Waals surface area contributed by atoms with Gasteiger partial charge < -0.3 is 0 Å². The van der Waals surface area contributed by atoms with E-state index < -0.39 is 0 Å². The van der Waals surface area contributed by atoms with Gasteiger partial charge in [0.05, 0.1) is 11.3 Å². The lowest BCUT2D eigenvalue weighted by atomic mass is 9.86. The summed E-state index contributed by atoms with van der Waals surface area (Å²) in [6.45, 7) is 8.51. The summed E-state index contributed by atoms with van der Waals surface area (Å²) in [5.41, 5.74) is 5.20. The summed E-state index contributed by atoms with van der Waals surface area (Å²) in [5, 5.41) is 7.07. The van der Waals surface area contributed by atoms with E-state index in [4.69, 9.17) is 0 Å². The average molecular weight is 270 g/mol.